The summed E-state index contributed by atoms with van der Waals surface area (Å²) >= 11 is 3.05. The number of halogens is 1. The number of imidazole rings is 1. The van der Waals surface area contributed by atoms with Crippen molar-refractivity contribution in [2.45, 2.75) is 6.61 Å². The molecule has 0 aliphatic heterocycles. The molecule has 0 fully saturated rings. The number of ether oxygens (including phenoxy) is 1. The van der Waals surface area contributed by atoms with Crippen LogP contribution in [0.5, 0.6) is 0 Å². The molecule has 1 N–H and O–H groups in total. The molecule has 0 bridgehead atoms. The SMILES string of the molecule is O=Cc1[nH]c(Br)nc1C(=O)OCc1ccccc1. The first-order valence-corrected chi connectivity index (χ1v) is 5.91. The summed E-state index contributed by atoms with van der Waals surface area (Å²) in [5.74, 6) is -0.636. The van der Waals surface area contributed by atoms with Gasteiger partial charge in [0.1, 0.15) is 12.3 Å². The van der Waals surface area contributed by atoms with Gasteiger partial charge in [0.25, 0.3) is 0 Å². The van der Waals surface area contributed by atoms with Gasteiger partial charge in [-0.1, -0.05) is 30.3 Å². The predicted molar refractivity (Wildman–Crippen MR) is 67.2 cm³/mol. The molecular weight excluding hydrogens is 300 g/mol. The number of aromatic nitrogens is 2. The van der Waals surface area contributed by atoms with E-state index in [0.717, 1.165) is 5.56 Å². The topological polar surface area (TPSA) is 72.0 Å². The van der Waals surface area contributed by atoms with Gasteiger partial charge in [-0.05, 0) is 21.5 Å². The first-order chi connectivity index (χ1) is 8.70. The molecule has 6 heteroatoms. The molecule has 0 saturated heterocycles. The lowest BCUT2D eigenvalue weighted by atomic mass is 10.2. The fourth-order valence-electron chi connectivity index (χ4n) is 1.39. The minimum atomic E-state index is -0.636. The highest BCUT2D eigenvalue weighted by molar-refractivity contribution is 9.10. The van der Waals surface area contributed by atoms with E-state index in [2.05, 4.69) is 25.9 Å². The summed E-state index contributed by atoms with van der Waals surface area (Å²) in [5, 5.41) is 0. The molecule has 0 saturated carbocycles. The molecule has 0 radical (unpaired) electrons. The van der Waals surface area contributed by atoms with E-state index < -0.39 is 5.97 Å². The van der Waals surface area contributed by atoms with Crippen molar-refractivity contribution in [1.82, 2.24) is 9.97 Å². The molecule has 92 valence electrons. The van der Waals surface area contributed by atoms with Crippen LogP contribution in [0.15, 0.2) is 35.1 Å². The minimum absolute atomic E-state index is 0.0205. The molecule has 0 unspecified atom stereocenters. The lowest BCUT2D eigenvalue weighted by Crippen LogP contribution is -2.08. The zero-order chi connectivity index (χ0) is 13.0. The molecule has 0 aliphatic carbocycles. The van der Waals surface area contributed by atoms with E-state index in [4.69, 9.17) is 4.74 Å². The predicted octanol–water partition coefficient (Wildman–Crippen LogP) is 2.34. The lowest BCUT2D eigenvalue weighted by molar-refractivity contribution is 0.0464. The summed E-state index contributed by atoms with van der Waals surface area (Å²) in [6, 6.07) is 9.26. The molecule has 5 nitrogen and oxygen atoms in total. The van der Waals surface area contributed by atoms with Crippen LogP contribution in [-0.2, 0) is 11.3 Å². The van der Waals surface area contributed by atoms with Crippen LogP contribution in [0.25, 0.3) is 0 Å². The Hall–Kier alpha value is -1.95. The Morgan fingerprint density at radius 1 is 1.39 bits per heavy atom. The van der Waals surface area contributed by atoms with Gasteiger partial charge in [0.05, 0.1) is 0 Å². The van der Waals surface area contributed by atoms with Crippen LogP contribution in [-0.4, -0.2) is 22.2 Å². The van der Waals surface area contributed by atoms with Crippen molar-refractivity contribution in [3.8, 4) is 0 Å². The maximum Gasteiger partial charge on any atom is 0.359 e. The van der Waals surface area contributed by atoms with Crippen LogP contribution < -0.4 is 0 Å². The third-order valence-electron chi connectivity index (χ3n) is 2.23. The van der Waals surface area contributed by atoms with Gasteiger partial charge in [0.15, 0.2) is 16.7 Å². The number of benzene rings is 1. The summed E-state index contributed by atoms with van der Waals surface area (Å²) in [6.07, 6.45) is 0.525. The molecule has 0 aliphatic rings. The van der Waals surface area contributed by atoms with Gasteiger partial charge < -0.3 is 9.72 Å². The second kappa shape index (κ2) is 5.59. The number of aldehydes is 1. The molecule has 1 heterocycles. The number of hydrogen-bond acceptors (Lipinski definition) is 4. The standard InChI is InChI=1S/C12H9BrN2O3/c13-12-14-9(6-16)10(15-12)11(17)18-7-8-4-2-1-3-5-8/h1-6H,7H2,(H,14,15). The smallest absolute Gasteiger partial charge is 0.359 e. The minimum Gasteiger partial charge on any atom is -0.456 e. The van der Waals surface area contributed by atoms with Crippen molar-refractivity contribution in [2.75, 3.05) is 0 Å². The van der Waals surface area contributed by atoms with E-state index in [9.17, 15) is 9.59 Å². The van der Waals surface area contributed by atoms with Crippen LogP contribution in [0.4, 0.5) is 0 Å². The Bertz CT molecular complexity index is 566. The second-order valence-corrected chi connectivity index (χ2v) is 4.22. The Balaban J connectivity index is 2.06. The maximum absolute atomic E-state index is 11.7. The third-order valence-corrected chi connectivity index (χ3v) is 2.60. The zero-order valence-electron chi connectivity index (χ0n) is 9.22. The number of nitrogens with one attached hydrogen (secondary N) is 1. The molecular formula is C12H9BrN2O3. The highest BCUT2D eigenvalue weighted by Gasteiger charge is 2.17. The molecule has 1 aromatic heterocycles. The van der Waals surface area contributed by atoms with Gasteiger partial charge in [0, 0.05) is 0 Å². The van der Waals surface area contributed by atoms with Crippen LogP contribution in [0.2, 0.25) is 0 Å². The van der Waals surface area contributed by atoms with E-state index >= 15 is 0 Å². The summed E-state index contributed by atoms with van der Waals surface area (Å²) < 4.78 is 5.38. The number of aromatic amines is 1. The number of esters is 1. The number of nitrogens with zero attached hydrogens (tertiary/aromatic N) is 1. The second-order valence-electron chi connectivity index (χ2n) is 3.47. The number of hydrogen-bond donors (Lipinski definition) is 1. The number of rotatable bonds is 4. The van der Waals surface area contributed by atoms with Crippen molar-refractivity contribution < 1.29 is 14.3 Å². The van der Waals surface area contributed by atoms with Crippen LogP contribution in [0.3, 0.4) is 0 Å². The van der Waals surface area contributed by atoms with Crippen LogP contribution in [0, 0.1) is 0 Å². The third kappa shape index (κ3) is 2.84. The summed E-state index contributed by atoms with van der Waals surface area (Å²) in [4.78, 5) is 28.9. The highest BCUT2D eigenvalue weighted by atomic mass is 79.9. The van der Waals surface area contributed by atoms with Gasteiger partial charge >= 0.3 is 5.97 Å². The fraction of sp³-hybridized carbons (Fsp3) is 0.0833. The Morgan fingerprint density at radius 2 is 2.11 bits per heavy atom. The quantitative estimate of drug-likeness (QED) is 0.695. The van der Waals surface area contributed by atoms with Crippen LogP contribution in [0.1, 0.15) is 26.5 Å². The highest BCUT2D eigenvalue weighted by Crippen LogP contribution is 2.11. The van der Waals surface area contributed by atoms with E-state index in [1.165, 1.54) is 0 Å². The molecule has 2 rings (SSSR count). The van der Waals surface area contributed by atoms with E-state index in [-0.39, 0.29) is 18.0 Å². The lowest BCUT2D eigenvalue weighted by Gasteiger charge is -2.02. The molecule has 1 aromatic carbocycles. The zero-order valence-corrected chi connectivity index (χ0v) is 10.8. The van der Waals surface area contributed by atoms with Gasteiger partial charge in [-0.2, -0.15) is 0 Å². The summed E-state index contributed by atoms with van der Waals surface area (Å²) in [6.45, 7) is 0.141. The van der Waals surface area contributed by atoms with Crippen molar-refractivity contribution in [1.29, 1.82) is 0 Å². The van der Waals surface area contributed by atoms with E-state index in [0.29, 0.717) is 11.0 Å². The van der Waals surface area contributed by atoms with E-state index in [1.807, 2.05) is 30.3 Å². The normalized spacial score (nSPS) is 10.1. The molecule has 0 amide bonds. The van der Waals surface area contributed by atoms with Crippen LogP contribution >= 0.6 is 15.9 Å². The molecule has 18 heavy (non-hydrogen) atoms. The van der Waals surface area contributed by atoms with Crippen molar-refractivity contribution in [3.05, 3.63) is 52.0 Å². The van der Waals surface area contributed by atoms with Gasteiger partial charge in [0.2, 0.25) is 0 Å². The summed E-state index contributed by atoms with van der Waals surface area (Å²) in [7, 11) is 0. The van der Waals surface area contributed by atoms with Crippen molar-refractivity contribution in [2.24, 2.45) is 0 Å². The van der Waals surface area contributed by atoms with Gasteiger partial charge in [-0.15, -0.1) is 0 Å². The van der Waals surface area contributed by atoms with E-state index in [1.54, 1.807) is 0 Å². The summed E-state index contributed by atoms with van der Waals surface area (Å²) in [5.41, 5.74) is 0.945. The first-order valence-electron chi connectivity index (χ1n) is 5.12. The van der Waals surface area contributed by atoms with Crippen molar-refractivity contribution >= 4 is 28.2 Å². The Morgan fingerprint density at radius 3 is 2.78 bits per heavy atom. The Labute approximate surface area is 111 Å². The largest absolute Gasteiger partial charge is 0.456 e. The average Bonchev–Trinajstić information content (AvgIpc) is 2.78. The number of carbonyl (C=O) groups is 2. The first kappa shape index (κ1) is 12.5. The average molecular weight is 309 g/mol. The molecule has 2 aromatic rings. The Kier molecular flexibility index (Phi) is 3.88. The van der Waals surface area contributed by atoms with Gasteiger partial charge in [-0.3, -0.25) is 4.79 Å². The van der Waals surface area contributed by atoms with Crippen molar-refractivity contribution in [3.63, 3.8) is 0 Å². The van der Waals surface area contributed by atoms with Gasteiger partial charge in [-0.25, -0.2) is 9.78 Å². The molecule has 0 atom stereocenters. The fourth-order valence-corrected chi connectivity index (χ4v) is 1.78. The number of H-pyrrole nitrogens is 1. The number of carbonyl (C=O) groups excluding carboxylic acids is 2. The monoisotopic (exact) mass is 308 g/mol. The molecule has 0 spiro atoms. The maximum atomic E-state index is 11.7.